The van der Waals surface area contributed by atoms with E-state index in [1.165, 1.54) is 24.1 Å². The Kier molecular flexibility index (Phi) is 9.32. The molecule has 190 valence electrons. The minimum Gasteiger partial charge on any atom is -0.357 e. The summed E-state index contributed by atoms with van der Waals surface area (Å²) >= 11 is 6.79. The second-order valence-corrected chi connectivity index (χ2v) is 11.9. The van der Waals surface area contributed by atoms with E-state index in [4.69, 9.17) is 0 Å². The summed E-state index contributed by atoms with van der Waals surface area (Å²) in [7, 11) is -2.58. The van der Waals surface area contributed by atoms with Crippen LogP contribution < -0.4 is 9.62 Å². The molecule has 3 aromatic rings. The summed E-state index contributed by atoms with van der Waals surface area (Å²) in [4.78, 5) is 27.7. The number of hydrogen-bond acceptors (Lipinski definition) is 4. The van der Waals surface area contributed by atoms with Crippen LogP contribution in [0.15, 0.2) is 86.6 Å². The zero-order valence-electron chi connectivity index (χ0n) is 20.1. The van der Waals surface area contributed by atoms with Gasteiger partial charge in [-0.1, -0.05) is 61.7 Å². The van der Waals surface area contributed by atoms with Crippen LogP contribution in [0.5, 0.6) is 0 Å². The number of aryl methyl sites for hydroxylation is 1. The lowest BCUT2D eigenvalue weighted by Gasteiger charge is -2.31. The first-order valence-corrected chi connectivity index (χ1v) is 14.2. The topological polar surface area (TPSA) is 86.8 Å². The molecule has 1 atom stereocenters. The summed E-state index contributed by atoms with van der Waals surface area (Å²) in [6, 6.07) is 19.7. The molecule has 2 amide bonds. The van der Waals surface area contributed by atoms with E-state index < -0.39 is 28.5 Å². The van der Waals surface area contributed by atoms with Crippen molar-refractivity contribution in [2.45, 2.75) is 31.3 Å². The molecule has 36 heavy (non-hydrogen) atoms. The molecule has 0 heterocycles. The van der Waals surface area contributed by atoms with Gasteiger partial charge in [-0.3, -0.25) is 13.9 Å². The predicted octanol–water partition coefficient (Wildman–Crippen LogP) is 4.88. The Morgan fingerprint density at radius 3 is 2.17 bits per heavy atom. The smallest absolute Gasteiger partial charge is 0.264 e. The largest absolute Gasteiger partial charge is 0.357 e. The molecule has 0 saturated carbocycles. The first-order valence-electron chi connectivity index (χ1n) is 11.1. The van der Waals surface area contributed by atoms with Gasteiger partial charge in [0.25, 0.3) is 10.0 Å². The van der Waals surface area contributed by atoms with Crippen molar-refractivity contribution in [2.75, 3.05) is 17.9 Å². The maximum atomic E-state index is 13.7. The van der Waals surface area contributed by atoms with E-state index >= 15 is 0 Å². The number of carbonyl (C=O) groups excluding carboxylic acids is 2. The normalized spacial score (nSPS) is 12.0. The molecule has 0 aliphatic carbocycles. The highest BCUT2D eigenvalue weighted by atomic mass is 79.9. The Morgan fingerprint density at radius 2 is 1.58 bits per heavy atom. The highest BCUT2D eigenvalue weighted by molar-refractivity contribution is 9.10. The third kappa shape index (κ3) is 6.74. The molecule has 0 aliphatic rings. The lowest BCUT2D eigenvalue weighted by Crippen LogP contribution is -2.50. The van der Waals surface area contributed by atoms with Gasteiger partial charge in [-0.2, -0.15) is 0 Å². The van der Waals surface area contributed by atoms with Gasteiger partial charge < -0.3 is 10.2 Å². The number of amides is 2. The molecular weight excluding hydrogens is 610 g/mol. The minimum absolute atomic E-state index is 0.0710. The lowest BCUT2D eigenvalue weighted by atomic mass is 10.1. The van der Waals surface area contributed by atoms with Crippen LogP contribution in [0.4, 0.5) is 5.69 Å². The van der Waals surface area contributed by atoms with Gasteiger partial charge in [0.05, 0.1) is 10.6 Å². The number of likely N-dealkylation sites (N-methyl/N-ethyl adjacent to an activating group) is 1. The average Bonchev–Trinajstić information content (AvgIpc) is 2.85. The molecule has 0 radical (unpaired) electrons. The van der Waals surface area contributed by atoms with Gasteiger partial charge in [-0.05, 0) is 67.9 Å². The van der Waals surface area contributed by atoms with Gasteiger partial charge in [0.1, 0.15) is 12.6 Å². The van der Waals surface area contributed by atoms with Crippen molar-refractivity contribution >= 4 is 59.4 Å². The van der Waals surface area contributed by atoms with Crippen molar-refractivity contribution in [2.24, 2.45) is 0 Å². The van der Waals surface area contributed by atoms with Gasteiger partial charge in [0, 0.05) is 22.5 Å². The fraction of sp³-hybridized carbons (Fsp3) is 0.231. The molecule has 0 bridgehead atoms. The summed E-state index contributed by atoms with van der Waals surface area (Å²) in [5.41, 5.74) is 2.05. The number of nitrogens with zero attached hydrogens (tertiary/aromatic N) is 2. The van der Waals surface area contributed by atoms with Crippen LogP contribution in [0.25, 0.3) is 0 Å². The van der Waals surface area contributed by atoms with Crippen LogP contribution in [0, 0.1) is 6.92 Å². The zero-order chi connectivity index (χ0) is 26.5. The number of anilines is 1. The summed E-state index contributed by atoms with van der Waals surface area (Å²) in [5, 5.41) is 2.57. The van der Waals surface area contributed by atoms with Crippen molar-refractivity contribution in [3.63, 3.8) is 0 Å². The Labute approximate surface area is 228 Å². The number of rotatable bonds is 9. The number of hydrogen-bond donors (Lipinski definition) is 1. The fourth-order valence-corrected chi connectivity index (χ4v) is 5.72. The molecule has 0 spiro atoms. The molecule has 0 aromatic heterocycles. The molecule has 0 aliphatic heterocycles. The highest BCUT2D eigenvalue weighted by Gasteiger charge is 2.32. The Morgan fingerprint density at radius 1 is 0.944 bits per heavy atom. The van der Waals surface area contributed by atoms with E-state index in [0.717, 1.165) is 24.4 Å². The molecule has 3 rings (SSSR count). The van der Waals surface area contributed by atoms with E-state index in [0.29, 0.717) is 5.69 Å². The standard InChI is InChI=1S/C26H27Br2N3O4S/c1-18-7-13-24(14-8-18)36(34,35)31(23-11-9-21(27)10-12-23)17-25(32)30(19(2)26(33)29-3)16-20-5-4-6-22(28)15-20/h4-15,19H,16-17H2,1-3H3,(H,29,33)/t19-/m0/s1. The highest BCUT2D eigenvalue weighted by Crippen LogP contribution is 2.26. The number of benzene rings is 3. The molecule has 7 nitrogen and oxygen atoms in total. The zero-order valence-corrected chi connectivity index (χ0v) is 24.1. The van der Waals surface area contributed by atoms with Gasteiger partial charge >= 0.3 is 0 Å². The molecule has 0 unspecified atom stereocenters. The third-order valence-electron chi connectivity index (χ3n) is 5.66. The summed E-state index contributed by atoms with van der Waals surface area (Å²) in [5.74, 6) is -0.861. The molecule has 3 aromatic carbocycles. The SMILES string of the molecule is CNC(=O)[C@H](C)N(Cc1cccc(Br)c1)C(=O)CN(c1ccc(Br)cc1)S(=O)(=O)c1ccc(C)cc1. The van der Waals surface area contributed by atoms with Crippen molar-refractivity contribution in [3.8, 4) is 0 Å². The van der Waals surface area contributed by atoms with Gasteiger partial charge in [0.2, 0.25) is 11.8 Å². The van der Waals surface area contributed by atoms with E-state index in [2.05, 4.69) is 37.2 Å². The monoisotopic (exact) mass is 635 g/mol. The Balaban J connectivity index is 2.02. The molecule has 10 heteroatoms. The van der Waals surface area contributed by atoms with E-state index in [-0.39, 0.29) is 17.3 Å². The number of nitrogens with one attached hydrogen (secondary N) is 1. The predicted molar refractivity (Wildman–Crippen MR) is 148 cm³/mol. The van der Waals surface area contributed by atoms with Crippen LogP contribution in [-0.4, -0.2) is 44.8 Å². The van der Waals surface area contributed by atoms with E-state index in [1.54, 1.807) is 43.3 Å². The Hall–Kier alpha value is -2.69. The van der Waals surface area contributed by atoms with Crippen LogP contribution >= 0.6 is 31.9 Å². The summed E-state index contributed by atoms with van der Waals surface area (Å²) in [6.07, 6.45) is 0. The number of sulfonamides is 1. The average molecular weight is 637 g/mol. The summed E-state index contributed by atoms with van der Waals surface area (Å²) < 4.78 is 30.1. The maximum absolute atomic E-state index is 13.7. The van der Waals surface area contributed by atoms with Crippen molar-refractivity contribution in [1.29, 1.82) is 0 Å². The minimum atomic E-state index is -4.08. The summed E-state index contributed by atoms with van der Waals surface area (Å²) in [6.45, 7) is 3.14. The van der Waals surface area contributed by atoms with Crippen LogP contribution in [-0.2, 0) is 26.2 Å². The molecule has 1 N–H and O–H groups in total. The molecule has 0 fully saturated rings. The fourth-order valence-electron chi connectivity index (χ4n) is 3.60. The van der Waals surface area contributed by atoms with Gasteiger partial charge in [-0.15, -0.1) is 0 Å². The van der Waals surface area contributed by atoms with Gasteiger partial charge in [0.15, 0.2) is 0 Å². The second-order valence-electron chi connectivity index (χ2n) is 8.24. The lowest BCUT2D eigenvalue weighted by molar-refractivity contribution is -0.139. The third-order valence-corrected chi connectivity index (χ3v) is 8.47. The first-order chi connectivity index (χ1) is 17.0. The van der Waals surface area contributed by atoms with E-state index in [9.17, 15) is 18.0 Å². The second kappa shape index (κ2) is 12.0. The van der Waals surface area contributed by atoms with Crippen LogP contribution in [0.3, 0.4) is 0 Å². The Bertz CT molecular complexity index is 1330. The van der Waals surface area contributed by atoms with Crippen LogP contribution in [0.1, 0.15) is 18.1 Å². The quantitative estimate of drug-likeness (QED) is 0.363. The number of carbonyl (C=O) groups is 2. The van der Waals surface area contributed by atoms with Gasteiger partial charge in [-0.25, -0.2) is 8.42 Å². The van der Waals surface area contributed by atoms with Crippen molar-refractivity contribution < 1.29 is 18.0 Å². The number of halogens is 2. The van der Waals surface area contributed by atoms with Crippen molar-refractivity contribution in [1.82, 2.24) is 10.2 Å². The molecule has 0 saturated heterocycles. The van der Waals surface area contributed by atoms with Crippen LogP contribution in [0.2, 0.25) is 0 Å². The van der Waals surface area contributed by atoms with E-state index in [1.807, 2.05) is 31.2 Å². The first kappa shape index (κ1) is 27.9. The maximum Gasteiger partial charge on any atom is 0.264 e. The van der Waals surface area contributed by atoms with Crippen molar-refractivity contribution in [3.05, 3.63) is 92.9 Å². The molecular formula is C26H27Br2N3O4S.